The zero-order valence-electron chi connectivity index (χ0n) is 10.4. The lowest BCUT2D eigenvalue weighted by molar-refractivity contribution is 0.0697. The Hall–Kier alpha value is -2.01. The van der Waals surface area contributed by atoms with Crippen LogP contribution in [0, 0.1) is 0 Å². The van der Waals surface area contributed by atoms with Crippen molar-refractivity contribution >= 4 is 23.3 Å². The number of nitrogens with one attached hydrogen (secondary N) is 1. The third-order valence-electron chi connectivity index (χ3n) is 2.80. The monoisotopic (exact) mass is 279 g/mol. The minimum Gasteiger partial charge on any atom is -0.478 e. The van der Waals surface area contributed by atoms with Crippen molar-refractivity contribution in [2.75, 3.05) is 11.9 Å². The first-order valence-electron chi connectivity index (χ1n) is 5.81. The standard InChI is InChI=1S/C13H14ClN3O2/c1-17-7-6-16-12(17)4-5-15-9-2-3-10(13(18)19)11(14)8-9/h2-3,6-8,15H,4-5H2,1H3,(H,18,19). The summed E-state index contributed by atoms with van der Waals surface area (Å²) in [6.07, 6.45) is 4.43. The second-order valence-electron chi connectivity index (χ2n) is 4.13. The van der Waals surface area contributed by atoms with Crippen LogP contribution in [0.1, 0.15) is 16.2 Å². The predicted octanol–water partition coefficient (Wildman–Crippen LogP) is 2.43. The van der Waals surface area contributed by atoms with E-state index in [-0.39, 0.29) is 10.6 Å². The van der Waals surface area contributed by atoms with Gasteiger partial charge in [0.05, 0.1) is 10.6 Å². The first-order chi connectivity index (χ1) is 9.08. The largest absolute Gasteiger partial charge is 0.478 e. The first kappa shape index (κ1) is 13.4. The van der Waals surface area contributed by atoms with Gasteiger partial charge in [0.15, 0.2) is 0 Å². The molecule has 0 aliphatic rings. The van der Waals surface area contributed by atoms with E-state index in [0.717, 1.165) is 17.9 Å². The molecular weight excluding hydrogens is 266 g/mol. The van der Waals surface area contributed by atoms with E-state index in [9.17, 15) is 4.79 Å². The number of imidazole rings is 1. The van der Waals surface area contributed by atoms with Crippen LogP contribution in [-0.4, -0.2) is 27.2 Å². The summed E-state index contributed by atoms with van der Waals surface area (Å²) >= 11 is 5.89. The molecule has 100 valence electrons. The molecule has 0 amide bonds. The van der Waals surface area contributed by atoms with E-state index in [4.69, 9.17) is 16.7 Å². The molecule has 1 aromatic heterocycles. The van der Waals surface area contributed by atoms with Crippen LogP contribution < -0.4 is 5.32 Å². The second-order valence-corrected chi connectivity index (χ2v) is 4.54. The minimum absolute atomic E-state index is 0.108. The topological polar surface area (TPSA) is 67.2 Å². The van der Waals surface area contributed by atoms with Gasteiger partial charge in [-0.25, -0.2) is 9.78 Å². The fourth-order valence-electron chi connectivity index (χ4n) is 1.75. The van der Waals surface area contributed by atoms with Gasteiger partial charge in [0.2, 0.25) is 0 Å². The highest BCUT2D eigenvalue weighted by Crippen LogP contribution is 2.20. The summed E-state index contributed by atoms with van der Waals surface area (Å²) in [5.74, 6) is -0.0367. The smallest absolute Gasteiger partial charge is 0.337 e. The highest BCUT2D eigenvalue weighted by atomic mass is 35.5. The molecule has 0 aliphatic carbocycles. The molecule has 1 aromatic carbocycles. The molecule has 0 spiro atoms. The molecule has 5 nitrogen and oxygen atoms in total. The van der Waals surface area contributed by atoms with Gasteiger partial charge in [0.25, 0.3) is 0 Å². The van der Waals surface area contributed by atoms with E-state index in [0.29, 0.717) is 6.54 Å². The fraction of sp³-hybridized carbons (Fsp3) is 0.231. The molecule has 2 aromatic rings. The van der Waals surface area contributed by atoms with Gasteiger partial charge in [-0.1, -0.05) is 11.6 Å². The van der Waals surface area contributed by atoms with Crippen LogP contribution in [0.4, 0.5) is 5.69 Å². The summed E-state index contributed by atoms with van der Waals surface area (Å²) < 4.78 is 1.96. The van der Waals surface area contributed by atoms with Gasteiger partial charge in [0, 0.05) is 38.1 Å². The Morgan fingerprint density at radius 3 is 2.89 bits per heavy atom. The number of hydrogen-bond donors (Lipinski definition) is 2. The first-order valence-corrected chi connectivity index (χ1v) is 6.18. The van der Waals surface area contributed by atoms with Crippen molar-refractivity contribution in [2.24, 2.45) is 7.05 Å². The normalized spacial score (nSPS) is 10.4. The summed E-state index contributed by atoms with van der Waals surface area (Å²) in [4.78, 5) is 15.0. The summed E-state index contributed by atoms with van der Waals surface area (Å²) in [7, 11) is 1.95. The maximum Gasteiger partial charge on any atom is 0.337 e. The Bertz CT molecular complexity index is 595. The van der Waals surface area contributed by atoms with Crippen molar-refractivity contribution in [3.63, 3.8) is 0 Å². The maximum absolute atomic E-state index is 10.8. The number of anilines is 1. The lowest BCUT2D eigenvalue weighted by Crippen LogP contribution is -2.09. The van der Waals surface area contributed by atoms with Crippen molar-refractivity contribution in [3.8, 4) is 0 Å². The Morgan fingerprint density at radius 2 is 2.32 bits per heavy atom. The van der Waals surface area contributed by atoms with Gasteiger partial charge in [-0.05, 0) is 18.2 Å². The number of benzene rings is 1. The van der Waals surface area contributed by atoms with Crippen LogP contribution >= 0.6 is 11.6 Å². The molecule has 0 saturated carbocycles. The van der Waals surface area contributed by atoms with Crippen molar-refractivity contribution < 1.29 is 9.90 Å². The third kappa shape index (κ3) is 3.26. The molecule has 0 atom stereocenters. The number of rotatable bonds is 5. The number of aromatic nitrogens is 2. The quantitative estimate of drug-likeness (QED) is 0.882. The molecule has 0 aliphatic heterocycles. The van der Waals surface area contributed by atoms with Gasteiger partial charge in [-0.3, -0.25) is 0 Å². The van der Waals surface area contributed by atoms with E-state index in [1.807, 2.05) is 17.8 Å². The molecule has 19 heavy (non-hydrogen) atoms. The number of aryl methyl sites for hydroxylation is 1. The zero-order chi connectivity index (χ0) is 13.8. The average molecular weight is 280 g/mol. The van der Waals surface area contributed by atoms with Crippen LogP contribution in [0.3, 0.4) is 0 Å². The van der Waals surface area contributed by atoms with Crippen LogP contribution in [0.15, 0.2) is 30.6 Å². The number of carboxylic acids is 1. The Morgan fingerprint density at radius 1 is 1.53 bits per heavy atom. The van der Waals surface area contributed by atoms with Crippen LogP contribution in [0.5, 0.6) is 0 Å². The number of aromatic carboxylic acids is 1. The SMILES string of the molecule is Cn1ccnc1CCNc1ccc(C(=O)O)c(Cl)c1. The van der Waals surface area contributed by atoms with E-state index >= 15 is 0 Å². The lowest BCUT2D eigenvalue weighted by atomic mass is 10.2. The molecule has 2 rings (SSSR count). The number of nitrogens with zero attached hydrogens (tertiary/aromatic N) is 2. The molecule has 6 heteroatoms. The Balaban J connectivity index is 1.95. The number of carbonyl (C=O) groups is 1. The third-order valence-corrected chi connectivity index (χ3v) is 3.11. The molecule has 0 saturated heterocycles. The summed E-state index contributed by atoms with van der Waals surface area (Å²) in [5.41, 5.74) is 0.903. The Labute approximate surface area is 115 Å². The van der Waals surface area contributed by atoms with Gasteiger partial charge in [-0.15, -0.1) is 0 Å². The minimum atomic E-state index is -1.02. The predicted molar refractivity (Wildman–Crippen MR) is 73.8 cm³/mol. The number of carboxylic acid groups (broad SMARTS) is 1. The molecule has 2 N–H and O–H groups in total. The van der Waals surface area contributed by atoms with E-state index < -0.39 is 5.97 Å². The van der Waals surface area contributed by atoms with Crippen LogP contribution in [0.25, 0.3) is 0 Å². The van der Waals surface area contributed by atoms with Crippen molar-refractivity contribution in [1.82, 2.24) is 9.55 Å². The summed E-state index contributed by atoms with van der Waals surface area (Å²) in [5, 5.41) is 12.3. The van der Waals surface area contributed by atoms with Crippen LogP contribution in [-0.2, 0) is 13.5 Å². The highest BCUT2D eigenvalue weighted by Gasteiger charge is 2.08. The Kier molecular flexibility index (Phi) is 4.06. The summed E-state index contributed by atoms with van der Waals surface area (Å²) in [6.45, 7) is 0.702. The number of hydrogen-bond acceptors (Lipinski definition) is 3. The van der Waals surface area contributed by atoms with Crippen LogP contribution in [0.2, 0.25) is 5.02 Å². The van der Waals surface area contributed by atoms with Crippen molar-refractivity contribution in [1.29, 1.82) is 0 Å². The van der Waals surface area contributed by atoms with E-state index in [2.05, 4.69) is 10.3 Å². The highest BCUT2D eigenvalue weighted by molar-refractivity contribution is 6.33. The number of halogens is 1. The van der Waals surface area contributed by atoms with Gasteiger partial charge in [-0.2, -0.15) is 0 Å². The lowest BCUT2D eigenvalue weighted by Gasteiger charge is -2.08. The maximum atomic E-state index is 10.8. The second kappa shape index (κ2) is 5.75. The molecule has 0 unspecified atom stereocenters. The average Bonchev–Trinajstić information content (AvgIpc) is 2.75. The van der Waals surface area contributed by atoms with E-state index in [1.165, 1.54) is 6.07 Å². The zero-order valence-corrected chi connectivity index (χ0v) is 11.2. The van der Waals surface area contributed by atoms with Gasteiger partial charge >= 0.3 is 5.97 Å². The fourth-order valence-corrected chi connectivity index (χ4v) is 2.02. The molecule has 0 fully saturated rings. The summed E-state index contributed by atoms with van der Waals surface area (Å²) in [6, 6.07) is 4.81. The molecule has 0 radical (unpaired) electrons. The van der Waals surface area contributed by atoms with Gasteiger partial charge < -0.3 is 15.0 Å². The van der Waals surface area contributed by atoms with Crippen molar-refractivity contribution in [2.45, 2.75) is 6.42 Å². The molecule has 0 bridgehead atoms. The van der Waals surface area contributed by atoms with E-state index in [1.54, 1.807) is 18.3 Å². The van der Waals surface area contributed by atoms with Gasteiger partial charge in [0.1, 0.15) is 5.82 Å². The molecular formula is C13H14ClN3O2. The molecule has 1 heterocycles. The van der Waals surface area contributed by atoms with Crippen molar-refractivity contribution in [3.05, 3.63) is 47.0 Å².